The minimum Gasteiger partial charge on any atom is -1.00 e. The van der Waals surface area contributed by atoms with Crippen molar-refractivity contribution in [2.24, 2.45) is 0 Å². The summed E-state index contributed by atoms with van der Waals surface area (Å²) in [6, 6.07) is 0. The zero-order valence-corrected chi connectivity index (χ0v) is 12.1. The summed E-state index contributed by atoms with van der Waals surface area (Å²) in [6.45, 7) is 0. The van der Waals surface area contributed by atoms with Crippen LogP contribution in [0.3, 0.4) is 0 Å². The summed E-state index contributed by atoms with van der Waals surface area (Å²) in [4.78, 5) is 19.5. The number of aliphatic carboxylic acids is 2. The van der Waals surface area contributed by atoms with Crippen molar-refractivity contribution in [3.63, 3.8) is 0 Å². The van der Waals surface area contributed by atoms with Crippen LogP contribution in [0, 0.1) is 0 Å². The van der Waals surface area contributed by atoms with Crippen LogP contribution in [-0.2, 0) is 26.7 Å². The Morgan fingerprint density at radius 1 is 0.812 bits per heavy atom. The molecule has 0 aliphatic heterocycles. The van der Waals surface area contributed by atoms with Crippen LogP contribution in [-0.4, -0.2) is 66.5 Å². The molecule has 0 rings (SSSR count). The van der Waals surface area contributed by atoms with Gasteiger partial charge in [-0.25, -0.2) is 9.59 Å². The Hall–Kier alpha value is 0.856. The summed E-state index contributed by atoms with van der Waals surface area (Å²) in [5.74, 6) is -3.54. The Balaban J connectivity index is -0.0000000193. The fourth-order valence-electron chi connectivity index (χ4n) is 0.270. The van der Waals surface area contributed by atoms with E-state index in [1.54, 1.807) is 0 Å². The van der Waals surface area contributed by atoms with Crippen LogP contribution < -0.4 is 51.4 Å². The molecule has 12 heteroatoms. The van der Waals surface area contributed by atoms with E-state index in [0.717, 1.165) is 0 Å². The third-order valence-corrected chi connectivity index (χ3v) is 0.805. The van der Waals surface area contributed by atoms with Crippen LogP contribution in [0.5, 0.6) is 0 Å². The van der Waals surface area contributed by atoms with Gasteiger partial charge in [0, 0.05) is 17.1 Å². The molecule has 12 N–H and O–H groups in total. The Morgan fingerprint density at radius 2 is 0.938 bits per heavy atom. The van der Waals surface area contributed by atoms with Gasteiger partial charge >= 0.3 is 63.3 Å². The molecule has 0 spiro atoms. The second-order valence-corrected chi connectivity index (χ2v) is 1.57. The van der Waals surface area contributed by atoms with Gasteiger partial charge in [-0.15, -0.1) is 0 Å². The van der Waals surface area contributed by atoms with E-state index in [-0.39, 0.29) is 91.8 Å². The molecule has 0 aromatic heterocycles. The standard InChI is InChI=1S/C4H6O6.Cu.K.4H2O.H/c5-1(3(7)8)2(6)4(9)10;;;;;;;/h1-2,5-6H,(H,7,8)(H,9,10);;;4*1H2;/q;;+1;;;;;-1. The molecule has 0 saturated heterocycles. The number of hydrogen-bond donors (Lipinski definition) is 4. The molecular weight excluding hydrogens is 311 g/mol. The quantitative estimate of drug-likeness (QED) is 0.366. The van der Waals surface area contributed by atoms with Crippen LogP contribution in [0.4, 0.5) is 0 Å². The molecule has 0 heterocycles. The largest absolute Gasteiger partial charge is 1.00 e. The van der Waals surface area contributed by atoms with Crippen LogP contribution >= 0.6 is 0 Å². The maximum absolute atomic E-state index is 9.77. The van der Waals surface area contributed by atoms with Crippen LogP contribution in [0.25, 0.3) is 0 Å². The summed E-state index contributed by atoms with van der Waals surface area (Å²) in [6.07, 6.45) is -4.53. The summed E-state index contributed by atoms with van der Waals surface area (Å²) < 4.78 is 0. The van der Waals surface area contributed by atoms with Crippen molar-refractivity contribution in [3.05, 3.63) is 0 Å². The maximum atomic E-state index is 9.77. The Kier molecular flexibility index (Phi) is 57.7. The Labute approximate surface area is 144 Å². The molecule has 0 bridgehead atoms. The second-order valence-electron chi connectivity index (χ2n) is 1.57. The van der Waals surface area contributed by atoms with E-state index in [9.17, 15) is 9.59 Å². The minimum absolute atomic E-state index is 0. The number of carboxylic acids is 2. The monoisotopic (exact) mass is 325 g/mol. The Bertz CT molecular complexity index is 152. The van der Waals surface area contributed by atoms with Gasteiger partial charge in [-0.2, -0.15) is 0 Å². The molecule has 16 heavy (non-hydrogen) atoms. The molecule has 1 radical (unpaired) electrons. The molecule has 0 aromatic rings. The average molecular weight is 326 g/mol. The first-order valence-corrected chi connectivity index (χ1v) is 2.28. The first-order valence-electron chi connectivity index (χ1n) is 2.28. The smallest absolute Gasteiger partial charge is 1.00 e. The van der Waals surface area contributed by atoms with E-state index in [1.807, 2.05) is 0 Å². The van der Waals surface area contributed by atoms with Gasteiger partial charge in [0.2, 0.25) is 0 Å². The summed E-state index contributed by atoms with van der Waals surface area (Å²) >= 11 is 0. The number of aliphatic hydroxyl groups is 2. The summed E-state index contributed by atoms with van der Waals surface area (Å²) in [5, 5.41) is 32.5. The molecule has 0 amide bonds. The van der Waals surface area contributed by atoms with Gasteiger partial charge in [0.05, 0.1) is 0 Å². The minimum atomic E-state index is -2.27. The molecule has 0 aliphatic rings. The fraction of sp³-hybridized carbons (Fsp3) is 0.500. The zero-order chi connectivity index (χ0) is 8.31. The molecule has 103 valence electrons. The second kappa shape index (κ2) is 21.2. The van der Waals surface area contributed by atoms with Gasteiger partial charge in [-0.3, -0.25) is 0 Å². The van der Waals surface area contributed by atoms with E-state index in [1.165, 1.54) is 0 Å². The summed E-state index contributed by atoms with van der Waals surface area (Å²) in [5.41, 5.74) is 0. The molecule has 2 atom stereocenters. The summed E-state index contributed by atoms with van der Waals surface area (Å²) in [7, 11) is 0. The average Bonchev–Trinajstić information content (AvgIpc) is 1.84. The van der Waals surface area contributed by atoms with Crippen LogP contribution in [0.15, 0.2) is 0 Å². The van der Waals surface area contributed by atoms with Gasteiger partial charge in [0.15, 0.2) is 12.2 Å². The van der Waals surface area contributed by atoms with Crippen molar-refractivity contribution in [1.29, 1.82) is 0 Å². The zero-order valence-electron chi connectivity index (χ0n) is 9.06. The van der Waals surface area contributed by atoms with E-state index in [0.29, 0.717) is 0 Å². The third kappa shape index (κ3) is 17.3. The van der Waals surface area contributed by atoms with Gasteiger partial charge in [-0.05, 0) is 0 Å². The fourth-order valence-corrected chi connectivity index (χ4v) is 0.270. The number of carboxylic acid groups (broad SMARTS) is 2. The van der Waals surface area contributed by atoms with Gasteiger partial charge in [-0.1, -0.05) is 0 Å². The van der Waals surface area contributed by atoms with Crippen molar-refractivity contribution >= 4 is 11.9 Å². The Morgan fingerprint density at radius 3 is 1.00 bits per heavy atom. The first-order chi connectivity index (χ1) is 4.46. The predicted molar refractivity (Wildman–Crippen MR) is 42.9 cm³/mol. The SMILES string of the molecule is O.O.O.O.O=C(O)C(O)C(O)C(=O)O.[Cu].[H-].[K+]. The van der Waals surface area contributed by atoms with Gasteiger partial charge in [0.1, 0.15) is 0 Å². The van der Waals surface area contributed by atoms with Crippen molar-refractivity contribution in [1.82, 2.24) is 0 Å². The number of aliphatic hydroxyl groups excluding tert-OH is 2. The van der Waals surface area contributed by atoms with Gasteiger partial charge in [0.25, 0.3) is 0 Å². The molecule has 10 nitrogen and oxygen atoms in total. The van der Waals surface area contributed by atoms with E-state index in [4.69, 9.17) is 20.4 Å². The number of hydrogen-bond acceptors (Lipinski definition) is 4. The van der Waals surface area contributed by atoms with E-state index >= 15 is 0 Å². The van der Waals surface area contributed by atoms with E-state index in [2.05, 4.69) is 0 Å². The molecule has 2 unspecified atom stereocenters. The first kappa shape index (κ1) is 43.6. The number of carbonyl (C=O) groups is 2. The predicted octanol–water partition coefficient (Wildman–Crippen LogP) is -8.31. The van der Waals surface area contributed by atoms with Crippen LogP contribution in [0.1, 0.15) is 1.43 Å². The molecule has 0 saturated carbocycles. The van der Waals surface area contributed by atoms with Gasteiger partial charge < -0.3 is 43.8 Å². The topological polar surface area (TPSA) is 241 Å². The van der Waals surface area contributed by atoms with Crippen molar-refractivity contribution < 1.29 is 122 Å². The maximum Gasteiger partial charge on any atom is 1.00 e. The van der Waals surface area contributed by atoms with E-state index < -0.39 is 24.1 Å². The number of rotatable bonds is 3. The molecule has 0 aliphatic carbocycles. The van der Waals surface area contributed by atoms with Crippen molar-refractivity contribution in [2.45, 2.75) is 12.2 Å². The molecular formula is C4H15CuKO10. The normalized spacial score (nSPS) is 9.88. The van der Waals surface area contributed by atoms with Crippen LogP contribution in [0.2, 0.25) is 0 Å². The molecule has 0 fully saturated rings. The van der Waals surface area contributed by atoms with Crippen molar-refractivity contribution in [3.8, 4) is 0 Å². The molecule has 0 aromatic carbocycles. The van der Waals surface area contributed by atoms with Crippen molar-refractivity contribution in [2.75, 3.05) is 0 Å². The third-order valence-electron chi connectivity index (χ3n) is 0.805.